The molecule has 0 bridgehead atoms. The SMILES string of the molecule is CC(C)CC(O)COC(=O)C(C)C. The zero-order chi connectivity index (χ0) is 10.4. The minimum atomic E-state index is -0.525. The van der Waals surface area contributed by atoms with Crippen molar-refractivity contribution in [2.75, 3.05) is 6.61 Å². The second-order valence-corrected chi connectivity index (χ2v) is 4.07. The summed E-state index contributed by atoms with van der Waals surface area (Å²) in [6.07, 6.45) is 0.147. The highest BCUT2D eigenvalue weighted by Crippen LogP contribution is 2.05. The second kappa shape index (κ2) is 5.97. The fourth-order valence-electron chi connectivity index (χ4n) is 0.957. The van der Waals surface area contributed by atoms with Crippen LogP contribution in [0.25, 0.3) is 0 Å². The van der Waals surface area contributed by atoms with Crippen molar-refractivity contribution in [2.24, 2.45) is 11.8 Å². The van der Waals surface area contributed by atoms with Crippen LogP contribution in [0, 0.1) is 11.8 Å². The van der Waals surface area contributed by atoms with Crippen molar-refractivity contribution in [3.8, 4) is 0 Å². The maximum absolute atomic E-state index is 11.0. The van der Waals surface area contributed by atoms with Crippen LogP contribution in [0.15, 0.2) is 0 Å². The van der Waals surface area contributed by atoms with E-state index >= 15 is 0 Å². The molecule has 0 saturated heterocycles. The molecule has 0 rings (SSSR count). The van der Waals surface area contributed by atoms with Crippen molar-refractivity contribution >= 4 is 5.97 Å². The Labute approximate surface area is 80.1 Å². The highest BCUT2D eigenvalue weighted by atomic mass is 16.5. The van der Waals surface area contributed by atoms with E-state index in [2.05, 4.69) is 0 Å². The highest BCUT2D eigenvalue weighted by Gasteiger charge is 2.12. The lowest BCUT2D eigenvalue weighted by molar-refractivity contribution is -0.150. The average molecular weight is 188 g/mol. The van der Waals surface area contributed by atoms with Gasteiger partial charge in [0.05, 0.1) is 12.0 Å². The molecular weight excluding hydrogens is 168 g/mol. The molecule has 3 heteroatoms. The Morgan fingerprint density at radius 3 is 2.23 bits per heavy atom. The van der Waals surface area contributed by atoms with Gasteiger partial charge in [0.2, 0.25) is 0 Å². The van der Waals surface area contributed by atoms with Crippen LogP contribution in [0.2, 0.25) is 0 Å². The van der Waals surface area contributed by atoms with E-state index in [0.717, 1.165) is 0 Å². The van der Waals surface area contributed by atoms with Gasteiger partial charge in [-0.15, -0.1) is 0 Å². The summed E-state index contributed by atoms with van der Waals surface area (Å²) in [7, 11) is 0. The van der Waals surface area contributed by atoms with Crippen LogP contribution in [0.5, 0.6) is 0 Å². The Hall–Kier alpha value is -0.570. The van der Waals surface area contributed by atoms with Gasteiger partial charge in [-0.3, -0.25) is 4.79 Å². The second-order valence-electron chi connectivity index (χ2n) is 4.07. The first-order valence-corrected chi connectivity index (χ1v) is 4.78. The van der Waals surface area contributed by atoms with Crippen molar-refractivity contribution in [3.05, 3.63) is 0 Å². The first kappa shape index (κ1) is 12.4. The van der Waals surface area contributed by atoms with Gasteiger partial charge in [-0.05, 0) is 12.3 Å². The normalized spacial score (nSPS) is 13.5. The molecule has 0 aliphatic heterocycles. The fourth-order valence-corrected chi connectivity index (χ4v) is 0.957. The third kappa shape index (κ3) is 6.58. The molecule has 1 N–H and O–H groups in total. The average Bonchev–Trinajstić information content (AvgIpc) is 1.98. The first-order valence-electron chi connectivity index (χ1n) is 4.78. The quantitative estimate of drug-likeness (QED) is 0.666. The molecule has 0 aliphatic carbocycles. The molecule has 0 aliphatic rings. The molecule has 1 atom stereocenters. The van der Waals surface area contributed by atoms with Crippen LogP contribution < -0.4 is 0 Å². The highest BCUT2D eigenvalue weighted by molar-refractivity contribution is 5.71. The molecule has 0 amide bonds. The van der Waals surface area contributed by atoms with Gasteiger partial charge in [-0.25, -0.2) is 0 Å². The molecule has 3 nitrogen and oxygen atoms in total. The van der Waals surface area contributed by atoms with Crippen molar-refractivity contribution < 1.29 is 14.6 Å². The molecule has 78 valence electrons. The molecule has 0 aromatic carbocycles. The molecule has 0 spiro atoms. The molecule has 0 fully saturated rings. The maximum atomic E-state index is 11.0. The van der Waals surface area contributed by atoms with Crippen LogP contribution in [0.3, 0.4) is 0 Å². The van der Waals surface area contributed by atoms with E-state index in [1.807, 2.05) is 13.8 Å². The molecule has 0 radical (unpaired) electrons. The Morgan fingerprint density at radius 2 is 1.85 bits per heavy atom. The molecule has 0 aromatic heterocycles. The minimum Gasteiger partial charge on any atom is -0.463 e. The van der Waals surface area contributed by atoms with E-state index in [1.54, 1.807) is 13.8 Å². The number of carbonyl (C=O) groups excluding carboxylic acids is 1. The number of esters is 1. The zero-order valence-corrected chi connectivity index (χ0v) is 8.91. The Morgan fingerprint density at radius 1 is 1.31 bits per heavy atom. The summed E-state index contributed by atoms with van der Waals surface area (Å²) >= 11 is 0. The Bertz CT molecular complexity index is 152. The predicted molar refractivity (Wildman–Crippen MR) is 51.3 cm³/mol. The van der Waals surface area contributed by atoms with Crippen molar-refractivity contribution in [2.45, 2.75) is 40.2 Å². The standard InChI is InChI=1S/C10H20O3/c1-7(2)5-9(11)6-13-10(12)8(3)4/h7-9,11H,5-6H2,1-4H3. The topological polar surface area (TPSA) is 46.5 Å². The van der Waals surface area contributed by atoms with Crippen molar-refractivity contribution in [3.63, 3.8) is 0 Å². The van der Waals surface area contributed by atoms with Crippen LogP contribution >= 0.6 is 0 Å². The lowest BCUT2D eigenvalue weighted by Crippen LogP contribution is -2.22. The van der Waals surface area contributed by atoms with Gasteiger partial charge in [-0.2, -0.15) is 0 Å². The number of aliphatic hydroxyl groups is 1. The monoisotopic (exact) mass is 188 g/mol. The van der Waals surface area contributed by atoms with E-state index in [1.165, 1.54) is 0 Å². The molecule has 1 unspecified atom stereocenters. The van der Waals surface area contributed by atoms with E-state index in [4.69, 9.17) is 4.74 Å². The van der Waals surface area contributed by atoms with Crippen molar-refractivity contribution in [1.29, 1.82) is 0 Å². The third-order valence-electron chi connectivity index (χ3n) is 1.63. The molecular formula is C10H20O3. The molecule has 0 saturated carbocycles. The van der Waals surface area contributed by atoms with Crippen LogP contribution in [-0.2, 0) is 9.53 Å². The fraction of sp³-hybridized carbons (Fsp3) is 0.900. The molecule has 0 aromatic rings. The van der Waals surface area contributed by atoms with Gasteiger partial charge in [0.1, 0.15) is 6.61 Å². The first-order chi connectivity index (χ1) is 5.93. The smallest absolute Gasteiger partial charge is 0.308 e. The van der Waals surface area contributed by atoms with Gasteiger partial charge < -0.3 is 9.84 Å². The van der Waals surface area contributed by atoms with E-state index in [0.29, 0.717) is 12.3 Å². The maximum Gasteiger partial charge on any atom is 0.308 e. The third-order valence-corrected chi connectivity index (χ3v) is 1.63. The Balaban J connectivity index is 3.58. The predicted octanol–water partition coefficient (Wildman–Crippen LogP) is 1.59. The van der Waals surface area contributed by atoms with Crippen LogP contribution in [0.4, 0.5) is 0 Å². The van der Waals surface area contributed by atoms with Crippen molar-refractivity contribution in [1.82, 2.24) is 0 Å². The minimum absolute atomic E-state index is 0.119. The number of ether oxygens (including phenoxy) is 1. The van der Waals surface area contributed by atoms with E-state index < -0.39 is 6.10 Å². The summed E-state index contributed by atoms with van der Waals surface area (Å²) in [4.78, 5) is 11.0. The van der Waals surface area contributed by atoms with E-state index in [-0.39, 0.29) is 18.5 Å². The Kier molecular flexibility index (Phi) is 5.71. The largest absolute Gasteiger partial charge is 0.463 e. The zero-order valence-electron chi connectivity index (χ0n) is 8.91. The lowest BCUT2D eigenvalue weighted by atomic mass is 10.1. The number of aliphatic hydroxyl groups excluding tert-OH is 1. The number of hydrogen-bond acceptors (Lipinski definition) is 3. The summed E-state index contributed by atoms with van der Waals surface area (Å²) in [6.45, 7) is 7.71. The van der Waals surface area contributed by atoms with Gasteiger partial charge in [0, 0.05) is 0 Å². The molecule has 13 heavy (non-hydrogen) atoms. The number of rotatable bonds is 5. The van der Waals surface area contributed by atoms with Gasteiger partial charge in [-0.1, -0.05) is 27.7 Å². The summed E-state index contributed by atoms with van der Waals surface area (Å²) in [6, 6.07) is 0. The lowest BCUT2D eigenvalue weighted by Gasteiger charge is -2.14. The van der Waals surface area contributed by atoms with Crippen LogP contribution in [0.1, 0.15) is 34.1 Å². The summed E-state index contributed by atoms with van der Waals surface area (Å²) in [5.74, 6) is 0.0572. The van der Waals surface area contributed by atoms with Gasteiger partial charge >= 0.3 is 5.97 Å². The van der Waals surface area contributed by atoms with E-state index in [9.17, 15) is 9.90 Å². The number of hydrogen-bond donors (Lipinski definition) is 1. The summed E-state index contributed by atoms with van der Waals surface area (Å²) in [5.41, 5.74) is 0. The van der Waals surface area contributed by atoms with Gasteiger partial charge in [0.25, 0.3) is 0 Å². The molecule has 0 heterocycles. The van der Waals surface area contributed by atoms with Crippen LogP contribution in [-0.4, -0.2) is 23.8 Å². The summed E-state index contributed by atoms with van der Waals surface area (Å²) in [5, 5.41) is 9.37. The number of carbonyl (C=O) groups is 1. The summed E-state index contributed by atoms with van der Waals surface area (Å²) < 4.78 is 4.88. The van der Waals surface area contributed by atoms with Gasteiger partial charge in [0.15, 0.2) is 0 Å².